The molecule has 10 N–H and O–H groups in total. The molecule has 3 atom stereocenters. The molecule has 0 aromatic rings. The van der Waals surface area contributed by atoms with Crippen molar-refractivity contribution in [2.24, 2.45) is 27.2 Å². The van der Waals surface area contributed by atoms with Crippen LogP contribution in [0.4, 0.5) is 0 Å². The third kappa shape index (κ3) is 42.2. The summed E-state index contributed by atoms with van der Waals surface area (Å²) in [5.41, 5.74) is 15.6. The van der Waals surface area contributed by atoms with Crippen LogP contribution in [0.25, 0.3) is 0 Å². The first kappa shape index (κ1) is 80.1. The zero-order valence-electron chi connectivity index (χ0n) is 33.5. The predicted octanol–water partition coefficient (Wildman–Crippen LogP) is 7.26. The summed E-state index contributed by atoms with van der Waals surface area (Å²) in [4.78, 5) is 18.9. The van der Waals surface area contributed by atoms with Gasteiger partial charge in [0, 0.05) is 55.8 Å². The fourth-order valence-corrected chi connectivity index (χ4v) is 3.14. The first-order valence-corrected chi connectivity index (χ1v) is 20.4. The van der Waals surface area contributed by atoms with Crippen LogP contribution in [-0.2, 0) is 14.1 Å². The lowest BCUT2D eigenvalue weighted by atomic mass is 9.90. The van der Waals surface area contributed by atoms with Gasteiger partial charge in [-0.15, -0.1) is 0 Å². The lowest BCUT2D eigenvalue weighted by molar-refractivity contribution is -0.122. The smallest absolute Gasteiger partial charge is 0.403 e. The molecule has 0 radical (unpaired) electrons. The average Bonchev–Trinajstić information content (AvgIpc) is 3.91. The quantitative estimate of drug-likeness (QED) is 0.106. The highest BCUT2D eigenvalue weighted by atomic mass is 79.9. The number of likely N-dealkylation sites (N-methyl/N-ethyl adjacent to an activating group) is 2. The first-order chi connectivity index (χ1) is 22.8. The maximum atomic E-state index is 10.6. The minimum absolute atomic E-state index is 0. The second-order valence-corrected chi connectivity index (χ2v) is 9.89. The van der Waals surface area contributed by atoms with E-state index in [-0.39, 0.29) is 60.0 Å². The average molecular weight is 949 g/mol. The number of allylic oxidation sites excluding steroid dienone is 2. The Hall–Kier alpha value is -0.525. The predicted molar refractivity (Wildman–Crippen MR) is 256 cm³/mol. The van der Waals surface area contributed by atoms with Crippen LogP contribution in [0.3, 0.4) is 0 Å². The van der Waals surface area contributed by atoms with Crippen molar-refractivity contribution in [2.45, 2.75) is 127 Å². The Balaban J connectivity index is -0.0000000426. The van der Waals surface area contributed by atoms with Gasteiger partial charge in [-0.2, -0.15) is 0 Å². The number of halogens is 3. The van der Waals surface area contributed by atoms with E-state index in [1.54, 1.807) is 21.0 Å². The van der Waals surface area contributed by atoms with E-state index in [1.165, 1.54) is 32.6 Å². The van der Waals surface area contributed by atoms with Gasteiger partial charge < -0.3 is 47.8 Å². The molecule has 0 aliphatic carbocycles. The van der Waals surface area contributed by atoms with Gasteiger partial charge in [0.2, 0.25) is 5.91 Å². The molecule has 16 heteroatoms. The molecule has 0 unspecified atom stereocenters. The van der Waals surface area contributed by atoms with Crippen molar-refractivity contribution in [2.75, 3.05) is 66.8 Å². The van der Waals surface area contributed by atoms with Crippen molar-refractivity contribution in [3.05, 3.63) is 24.6 Å². The zero-order valence-corrected chi connectivity index (χ0v) is 38.3. The number of alkyl halides is 3. The molecule has 322 valence electrons. The van der Waals surface area contributed by atoms with Gasteiger partial charge in [0.05, 0.1) is 17.2 Å². The Kier molecular flexibility index (Phi) is 88.1. The van der Waals surface area contributed by atoms with E-state index in [0.29, 0.717) is 12.1 Å². The number of aliphatic imine (C=N–C) groups is 2. The molecule has 52 heavy (non-hydrogen) atoms. The van der Waals surface area contributed by atoms with E-state index < -0.39 is 0 Å². The van der Waals surface area contributed by atoms with E-state index in [9.17, 15) is 4.79 Å². The molecule has 0 spiro atoms. The molecule has 3 aliphatic heterocycles. The van der Waals surface area contributed by atoms with Crippen molar-refractivity contribution >= 4 is 72.2 Å². The first-order valence-electron chi connectivity index (χ1n) is 15.6. The SMILES string of the molecule is C.C.C.C.CB1OC(C)(C)C(C)(C)O1.CBr.CBr.CBr.CN.CN.CN.CNC(=O)[C@H](C)NC.CN[C@@H](C)C1=NC=CC1.CN[C@@H](C)C1=NC=CC1. The fourth-order valence-electron chi connectivity index (χ4n) is 3.14. The molecule has 3 heterocycles. The van der Waals surface area contributed by atoms with E-state index in [1.807, 2.05) is 50.8 Å². The zero-order chi connectivity index (χ0) is 39.9. The molecular formula is C36H91BBr3N9O3. The number of carbonyl (C=O) groups is 1. The molecule has 1 amide bonds. The number of hydrogen-bond donors (Lipinski definition) is 7. The van der Waals surface area contributed by atoms with Gasteiger partial charge >= 0.3 is 7.12 Å². The van der Waals surface area contributed by atoms with Gasteiger partial charge in [0.1, 0.15) is 0 Å². The van der Waals surface area contributed by atoms with Crippen molar-refractivity contribution in [3.63, 3.8) is 0 Å². The van der Waals surface area contributed by atoms with Crippen LogP contribution in [0.1, 0.15) is 91.0 Å². The highest BCUT2D eigenvalue weighted by molar-refractivity contribution is 9.09. The van der Waals surface area contributed by atoms with Crippen LogP contribution >= 0.6 is 47.8 Å². The molecule has 0 aromatic heterocycles. The second kappa shape index (κ2) is 57.2. The number of amides is 1. The maximum absolute atomic E-state index is 10.6. The van der Waals surface area contributed by atoms with Crippen LogP contribution in [-0.4, -0.2) is 121 Å². The topological polar surface area (TPSA) is 186 Å². The van der Waals surface area contributed by atoms with Crippen LogP contribution in [0, 0.1) is 0 Å². The number of carbonyl (C=O) groups excluding carboxylic acids is 1. The van der Waals surface area contributed by atoms with Crippen LogP contribution in [0.2, 0.25) is 6.82 Å². The van der Waals surface area contributed by atoms with Gasteiger partial charge in [0.15, 0.2) is 0 Å². The summed E-state index contributed by atoms with van der Waals surface area (Å²) < 4.78 is 11.1. The van der Waals surface area contributed by atoms with E-state index in [0.717, 1.165) is 12.8 Å². The van der Waals surface area contributed by atoms with Crippen molar-refractivity contribution in [1.29, 1.82) is 0 Å². The maximum Gasteiger partial charge on any atom is 0.454 e. The summed E-state index contributed by atoms with van der Waals surface area (Å²) in [5, 5.41) is 11.6. The summed E-state index contributed by atoms with van der Waals surface area (Å²) in [6, 6.07) is 0.778. The molecule has 0 saturated carbocycles. The number of nitrogens with two attached hydrogens (primary N) is 3. The van der Waals surface area contributed by atoms with Gasteiger partial charge in [-0.3, -0.25) is 14.8 Å². The standard InChI is InChI=1S/C7H15BO2.2C7H12N2.C5H12N2O.3CH3Br.3CH5N.4CH4/c1-6(2)7(3,4)10-8(5)9-6;2*1-6(8-2)7-4-3-5-9-7;1-4(6-2)5(8)7-3;6*1-2;;;;/h1-5H3;2*3,5-6,8H,4H2,1-2H3;4,6H,1-3H3,(H,7,8);3*1H3;3*2H2,1H3;4*1H4/t;2*6-;4-;;;;;;;;;;/m.000........../s1. The molecule has 1 fully saturated rings. The summed E-state index contributed by atoms with van der Waals surface area (Å²) in [5.74, 6) is 5.46. The molecule has 0 bridgehead atoms. The molecule has 12 nitrogen and oxygen atoms in total. The number of rotatable bonds is 6. The molecule has 0 aromatic carbocycles. The Morgan fingerprint density at radius 1 is 0.673 bits per heavy atom. The molecule has 3 aliphatic rings. The van der Waals surface area contributed by atoms with Gasteiger partial charge in [0.25, 0.3) is 0 Å². The highest BCUT2D eigenvalue weighted by Gasteiger charge is 2.48. The highest BCUT2D eigenvalue weighted by Crippen LogP contribution is 2.36. The number of nitrogens with zero attached hydrogens (tertiary/aromatic N) is 2. The van der Waals surface area contributed by atoms with Gasteiger partial charge in [-0.25, -0.2) is 0 Å². The van der Waals surface area contributed by atoms with Crippen molar-refractivity contribution in [1.82, 2.24) is 21.3 Å². The summed E-state index contributed by atoms with van der Waals surface area (Å²) in [7, 11) is 11.7. The van der Waals surface area contributed by atoms with Gasteiger partial charge in [-0.05, 0) is 115 Å². The Morgan fingerprint density at radius 3 is 1.06 bits per heavy atom. The van der Waals surface area contributed by atoms with Gasteiger partial charge in [-0.1, -0.05) is 89.6 Å². The summed E-state index contributed by atoms with van der Waals surface area (Å²) in [6.45, 7) is 16.2. The molecule has 3 rings (SSSR count). The van der Waals surface area contributed by atoms with Crippen molar-refractivity contribution < 1.29 is 14.1 Å². The normalized spacial score (nSPS) is 15.2. The minimum atomic E-state index is -0.160. The lowest BCUT2D eigenvalue weighted by Crippen LogP contribution is -2.41. The second-order valence-electron chi connectivity index (χ2n) is 9.89. The van der Waals surface area contributed by atoms with E-state index in [4.69, 9.17) is 9.31 Å². The Morgan fingerprint density at radius 2 is 0.942 bits per heavy atom. The number of nitrogens with one attached hydrogen (secondary N) is 4. The third-order valence-electron chi connectivity index (χ3n) is 6.66. The summed E-state index contributed by atoms with van der Waals surface area (Å²) in [6.07, 6.45) is 9.91. The van der Waals surface area contributed by atoms with Crippen LogP contribution in [0.15, 0.2) is 34.5 Å². The van der Waals surface area contributed by atoms with E-state index in [2.05, 4.69) is 150 Å². The Bertz CT molecular complexity index is 756. The minimum Gasteiger partial charge on any atom is -0.403 e. The molecule has 1 saturated heterocycles. The number of hydrogen-bond acceptors (Lipinski definition) is 11. The fraction of sp³-hybridized carbons (Fsp3) is 0.806. The third-order valence-corrected chi connectivity index (χ3v) is 6.66. The Labute approximate surface area is 351 Å². The summed E-state index contributed by atoms with van der Waals surface area (Å²) >= 11 is 8.81. The monoisotopic (exact) mass is 945 g/mol. The van der Waals surface area contributed by atoms with Crippen LogP contribution < -0.4 is 38.5 Å². The van der Waals surface area contributed by atoms with Crippen LogP contribution in [0.5, 0.6) is 0 Å². The van der Waals surface area contributed by atoms with Crippen molar-refractivity contribution in [3.8, 4) is 0 Å². The largest absolute Gasteiger partial charge is 0.454 e. The molecular weight excluding hydrogens is 857 g/mol. The lowest BCUT2D eigenvalue weighted by Gasteiger charge is -2.32. The van der Waals surface area contributed by atoms with E-state index >= 15 is 0 Å².